The number of nitro groups is 1. The van der Waals surface area contributed by atoms with E-state index < -0.39 is 4.92 Å². The number of benzene rings is 1. The summed E-state index contributed by atoms with van der Waals surface area (Å²) in [5.41, 5.74) is 5.82. The van der Waals surface area contributed by atoms with Crippen LogP contribution in [0.4, 0.5) is 11.4 Å². The van der Waals surface area contributed by atoms with Crippen molar-refractivity contribution in [2.45, 2.75) is 13.8 Å². The van der Waals surface area contributed by atoms with Gasteiger partial charge in [0.1, 0.15) is 5.75 Å². The second-order valence-corrected chi connectivity index (χ2v) is 2.18. The number of nitrogens with two attached hydrogens (primary N) is 1. The molecule has 2 N–H and O–H groups in total. The molecule has 0 spiro atoms. The van der Waals surface area contributed by atoms with Gasteiger partial charge in [0.25, 0.3) is 5.69 Å². The van der Waals surface area contributed by atoms with Crippen LogP contribution in [-0.2, 0) is 0 Å². The number of ether oxygens (including phenoxy) is 1. The lowest BCUT2D eigenvalue weighted by molar-refractivity contribution is -0.384. The molecule has 0 atom stereocenters. The van der Waals surface area contributed by atoms with Gasteiger partial charge in [0.2, 0.25) is 0 Å². The van der Waals surface area contributed by atoms with Crippen molar-refractivity contribution in [2.75, 3.05) is 12.8 Å². The molecule has 5 nitrogen and oxygen atoms in total. The number of hydrogen-bond acceptors (Lipinski definition) is 4. The smallest absolute Gasteiger partial charge is 0.273 e. The molecule has 1 aromatic rings. The molecule has 0 amide bonds. The Kier molecular flexibility index (Phi) is 5.06. The molecule has 0 bridgehead atoms. The van der Waals surface area contributed by atoms with Crippen LogP contribution in [0.25, 0.3) is 0 Å². The predicted octanol–water partition coefficient (Wildman–Crippen LogP) is 2.21. The van der Waals surface area contributed by atoms with Crippen LogP contribution < -0.4 is 10.5 Å². The summed E-state index contributed by atoms with van der Waals surface area (Å²) in [6.07, 6.45) is 0. The van der Waals surface area contributed by atoms with E-state index in [1.165, 1.54) is 25.3 Å². The number of hydrogen-bond donors (Lipinski definition) is 1. The highest BCUT2D eigenvalue weighted by atomic mass is 16.6. The molecule has 0 aliphatic heterocycles. The van der Waals surface area contributed by atoms with Crippen LogP contribution in [0, 0.1) is 10.1 Å². The Labute approximate surface area is 82.6 Å². The first kappa shape index (κ1) is 12.2. The minimum Gasteiger partial charge on any atom is -0.494 e. The van der Waals surface area contributed by atoms with Gasteiger partial charge in [0, 0.05) is 6.07 Å². The monoisotopic (exact) mass is 198 g/mol. The average molecular weight is 198 g/mol. The minimum atomic E-state index is -0.498. The first-order valence-electron chi connectivity index (χ1n) is 4.23. The maximum Gasteiger partial charge on any atom is 0.273 e. The molecular formula is C9H14N2O3. The van der Waals surface area contributed by atoms with E-state index in [1.54, 1.807) is 0 Å². The summed E-state index contributed by atoms with van der Waals surface area (Å²) < 4.78 is 4.81. The number of methoxy groups -OCH3 is 1. The molecule has 0 radical (unpaired) electrons. The largest absolute Gasteiger partial charge is 0.494 e. The topological polar surface area (TPSA) is 78.4 Å². The fourth-order valence-electron chi connectivity index (χ4n) is 0.813. The zero-order chi connectivity index (χ0) is 11.1. The number of non-ortho nitro benzene ring substituents is 1. The Morgan fingerprint density at radius 2 is 2.00 bits per heavy atom. The molecule has 1 rings (SSSR count). The van der Waals surface area contributed by atoms with Crippen LogP contribution in [0.1, 0.15) is 13.8 Å². The van der Waals surface area contributed by atoms with E-state index in [9.17, 15) is 10.1 Å². The summed E-state index contributed by atoms with van der Waals surface area (Å²) in [7, 11) is 1.41. The van der Waals surface area contributed by atoms with Crippen molar-refractivity contribution < 1.29 is 9.66 Å². The maximum absolute atomic E-state index is 10.3. The summed E-state index contributed by atoms with van der Waals surface area (Å²) in [5.74, 6) is 0.323. The fraction of sp³-hybridized carbons (Fsp3) is 0.333. The number of nitrogens with zero attached hydrogens (tertiary/aromatic N) is 1. The van der Waals surface area contributed by atoms with Crippen molar-refractivity contribution in [3.63, 3.8) is 0 Å². The van der Waals surface area contributed by atoms with Crippen molar-refractivity contribution in [2.24, 2.45) is 0 Å². The molecular weight excluding hydrogens is 184 g/mol. The van der Waals surface area contributed by atoms with Gasteiger partial charge in [0.15, 0.2) is 0 Å². The summed E-state index contributed by atoms with van der Waals surface area (Å²) in [6.45, 7) is 4.00. The maximum atomic E-state index is 10.3. The zero-order valence-corrected chi connectivity index (χ0v) is 8.48. The molecule has 0 saturated carbocycles. The highest BCUT2D eigenvalue weighted by Crippen LogP contribution is 2.25. The Bertz CT molecular complexity index is 313. The number of nitrogen functional groups attached to an aromatic ring is 1. The zero-order valence-electron chi connectivity index (χ0n) is 8.48. The van der Waals surface area contributed by atoms with Crippen LogP contribution in [0.3, 0.4) is 0 Å². The Balaban J connectivity index is 0.000000791. The number of rotatable bonds is 2. The first-order chi connectivity index (χ1) is 6.65. The summed E-state index contributed by atoms with van der Waals surface area (Å²) >= 11 is 0. The van der Waals surface area contributed by atoms with Gasteiger partial charge in [-0.15, -0.1) is 0 Å². The van der Waals surface area contributed by atoms with E-state index in [0.717, 1.165) is 0 Å². The number of nitro benzene ring substituents is 1. The Morgan fingerprint density at radius 1 is 1.43 bits per heavy atom. The molecule has 1 aromatic carbocycles. The Morgan fingerprint density at radius 3 is 2.43 bits per heavy atom. The fourth-order valence-corrected chi connectivity index (χ4v) is 0.813. The quantitative estimate of drug-likeness (QED) is 0.449. The van der Waals surface area contributed by atoms with E-state index in [0.29, 0.717) is 11.4 Å². The van der Waals surface area contributed by atoms with Crippen molar-refractivity contribution in [1.29, 1.82) is 0 Å². The van der Waals surface area contributed by atoms with Gasteiger partial charge in [-0.2, -0.15) is 0 Å². The van der Waals surface area contributed by atoms with Crippen LogP contribution in [0.15, 0.2) is 18.2 Å². The SMILES string of the molecule is CC.COc1cc([N+](=O)[O-])ccc1N. The molecule has 5 heteroatoms. The molecule has 14 heavy (non-hydrogen) atoms. The first-order valence-corrected chi connectivity index (χ1v) is 4.23. The van der Waals surface area contributed by atoms with Crippen molar-refractivity contribution in [3.05, 3.63) is 28.3 Å². The molecule has 0 aromatic heterocycles. The minimum absolute atomic E-state index is 0.0268. The van der Waals surface area contributed by atoms with Crippen molar-refractivity contribution in [1.82, 2.24) is 0 Å². The third kappa shape index (κ3) is 2.93. The van der Waals surface area contributed by atoms with Gasteiger partial charge in [0.05, 0.1) is 23.8 Å². The molecule has 0 saturated heterocycles. The highest BCUT2D eigenvalue weighted by Gasteiger charge is 2.08. The highest BCUT2D eigenvalue weighted by molar-refractivity contribution is 5.57. The second kappa shape index (κ2) is 5.80. The van der Waals surface area contributed by atoms with E-state index in [-0.39, 0.29) is 5.69 Å². The van der Waals surface area contributed by atoms with E-state index in [4.69, 9.17) is 10.5 Å². The second-order valence-electron chi connectivity index (χ2n) is 2.18. The summed E-state index contributed by atoms with van der Waals surface area (Å²) in [6, 6.07) is 4.06. The van der Waals surface area contributed by atoms with Crippen LogP contribution in [0.5, 0.6) is 5.75 Å². The van der Waals surface area contributed by atoms with Crippen molar-refractivity contribution >= 4 is 11.4 Å². The number of anilines is 1. The summed E-state index contributed by atoms with van der Waals surface area (Å²) in [4.78, 5) is 9.79. The third-order valence-electron chi connectivity index (χ3n) is 1.43. The lowest BCUT2D eigenvalue weighted by Gasteiger charge is -2.02. The normalized spacial score (nSPS) is 8.50. The lowest BCUT2D eigenvalue weighted by Crippen LogP contribution is -1.94. The van der Waals surface area contributed by atoms with Gasteiger partial charge < -0.3 is 10.5 Å². The lowest BCUT2D eigenvalue weighted by atomic mass is 10.2. The van der Waals surface area contributed by atoms with Crippen LogP contribution in [0.2, 0.25) is 0 Å². The molecule has 0 heterocycles. The average Bonchev–Trinajstić information content (AvgIpc) is 2.21. The molecule has 0 fully saturated rings. The predicted molar refractivity (Wildman–Crippen MR) is 55.4 cm³/mol. The standard InChI is InChI=1S/C7H8N2O3.C2H6/c1-12-7-4-5(9(10)11)2-3-6(7)8;1-2/h2-4H,8H2,1H3;1-2H3. The molecule has 0 aliphatic rings. The van der Waals surface area contributed by atoms with Gasteiger partial charge in [-0.3, -0.25) is 10.1 Å². The summed E-state index contributed by atoms with van der Waals surface area (Å²) in [5, 5.41) is 10.3. The van der Waals surface area contributed by atoms with Gasteiger partial charge in [-0.25, -0.2) is 0 Å². The van der Waals surface area contributed by atoms with Crippen LogP contribution >= 0.6 is 0 Å². The van der Waals surface area contributed by atoms with Crippen molar-refractivity contribution in [3.8, 4) is 5.75 Å². The molecule has 0 aliphatic carbocycles. The van der Waals surface area contributed by atoms with Crippen LogP contribution in [-0.4, -0.2) is 12.0 Å². The Hall–Kier alpha value is -1.78. The van der Waals surface area contributed by atoms with E-state index >= 15 is 0 Å². The van der Waals surface area contributed by atoms with Gasteiger partial charge in [-0.05, 0) is 6.07 Å². The van der Waals surface area contributed by atoms with Gasteiger partial charge in [-0.1, -0.05) is 13.8 Å². The molecule has 0 unspecified atom stereocenters. The van der Waals surface area contributed by atoms with E-state index in [2.05, 4.69) is 0 Å². The third-order valence-corrected chi connectivity index (χ3v) is 1.43. The van der Waals surface area contributed by atoms with Gasteiger partial charge >= 0.3 is 0 Å². The van der Waals surface area contributed by atoms with E-state index in [1.807, 2.05) is 13.8 Å². The molecule has 78 valence electrons.